The number of aliphatic hydroxyl groups is 1. The zero-order chi connectivity index (χ0) is 6.08. The third kappa shape index (κ3) is 5.21. The van der Waals surface area contributed by atoms with E-state index in [0.717, 1.165) is 0 Å². The zero-order valence-corrected chi connectivity index (χ0v) is 5.03. The first kappa shape index (κ1) is 11.8. The van der Waals surface area contributed by atoms with E-state index in [4.69, 9.17) is 9.66 Å². The Labute approximate surface area is 73.1 Å². The fourth-order valence-electron chi connectivity index (χ4n) is 0. The Bertz CT molecular complexity index is 87.0. The Morgan fingerprint density at radius 2 is 1.62 bits per heavy atom. The van der Waals surface area contributed by atoms with Crippen molar-refractivity contribution in [3.05, 3.63) is 0 Å². The third-order valence-corrected chi connectivity index (χ3v) is 1.28. The Balaban J connectivity index is 0. The van der Waals surface area contributed by atoms with E-state index in [-0.39, 0.29) is 29.6 Å². The van der Waals surface area contributed by atoms with E-state index in [0.29, 0.717) is 0 Å². The average Bonchev–Trinajstić information content (AvgIpc) is 1.31. The van der Waals surface area contributed by atoms with Gasteiger partial charge in [-0.25, -0.2) is 4.21 Å². The van der Waals surface area contributed by atoms with Gasteiger partial charge in [0.2, 0.25) is 0 Å². The van der Waals surface area contributed by atoms with Crippen LogP contribution in [0, 0.1) is 0 Å². The quantitative estimate of drug-likeness (QED) is 0.381. The fourth-order valence-corrected chi connectivity index (χ4v) is 0. The van der Waals surface area contributed by atoms with E-state index in [1.165, 1.54) is 13.8 Å². The molecule has 1 atom stereocenters. The van der Waals surface area contributed by atoms with Crippen molar-refractivity contribution in [1.29, 1.82) is 0 Å². The fraction of sp³-hybridized carbons (Fsp3) is 1.00. The summed E-state index contributed by atoms with van der Waals surface area (Å²) in [4.78, 5) is -1.47. The molecule has 0 aliphatic heterocycles. The van der Waals surface area contributed by atoms with Gasteiger partial charge in [-0.3, -0.25) is 0 Å². The first-order chi connectivity index (χ1) is 2.94. The monoisotopic (exact) mass is 148 g/mol. The van der Waals surface area contributed by atoms with Crippen LogP contribution in [0.5, 0.6) is 0 Å². The van der Waals surface area contributed by atoms with Crippen molar-refractivity contribution < 1.29 is 13.9 Å². The van der Waals surface area contributed by atoms with Crippen molar-refractivity contribution in [2.45, 2.75) is 18.8 Å². The van der Waals surface area contributed by atoms with E-state index in [9.17, 15) is 4.21 Å². The molecule has 1 unspecified atom stereocenters. The van der Waals surface area contributed by atoms with Gasteiger partial charge in [0.1, 0.15) is 0 Å². The number of hydrogen-bond acceptors (Lipinski definition) is 2. The molecular formula is C3H9NaO3S. The van der Waals surface area contributed by atoms with Crippen LogP contribution in [0.3, 0.4) is 0 Å². The molecule has 0 saturated heterocycles. The molecule has 0 radical (unpaired) electrons. The van der Waals surface area contributed by atoms with Gasteiger partial charge in [0, 0.05) is 0 Å². The molecular weight excluding hydrogens is 139 g/mol. The van der Waals surface area contributed by atoms with Crippen LogP contribution in [0.2, 0.25) is 0 Å². The normalized spacial score (nSPS) is 14.5. The van der Waals surface area contributed by atoms with Crippen LogP contribution in [0.4, 0.5) is 0 Å². The molecule has 0 heterocycles. The van der Waals surface area contributed by atoms with Gasteiger partial charge in [0.25, 0.3) is 0 Å². The maximum atomic E-state index is 9.88. The van der Waals surface area contributed by atoms with Gasteiger partial charge in [-0.05, 0) is 13.8 Å². The molecule has 8 heavy (non-hydrogen) atoms. The van der Waals surface area contributed by atoms with Crippen molar-refractivity contribution in [2.24, 2.45) is 0 Å². The average molecular weight is 148 g/mol. The zero-order valence-electron chi connectivity index (χ0n) is 4.21. The van der Waals surface area contributed by atoms with Crippen LogP contribution < -0.4 is 0 Å². The second kappa shape index (κ2) is 3.98. The van der Waals surface area contributed by atoms with Gasteiger partial charge in [0.05, 0.1) is 0 Å². The predicted molar refractivity (Wildman–Crippen MR) is 34.2 cm³/mol. The van der Waals surface area contributed by atoms with E-state index < -0.39 is 16.0 Å². The Kier molecular flexibility index (Phi) is 5.88. The van der Waals surface area contributed by atoms with Crippen LogP contribution in [-0.4, -0.2) is 48.4 Å². The molecule has 0 aliphatic carbocycles. The number of rotatable bonds is 1. The van der Waals surface area contributed by atoms with E-state index in [2.05, 4.69) is 0 Å². The summed E-state index contributed by atoms with van der Waals surface area (Å²) in [5.41, 5.74) is 0. The molecule has 0 rings (SSSR count). The summed E-state index contributed by atoms with van der Waals surface area (Å²) in [7, 11) is 0. The van der Waals surface area contributed by atoms with E-state index in [1.807, 2.05) is 0 Å². The van der Waals surface area contributed by atoms with Crippen molar-refractivity contribution in [3.63, 3.8) is 0 Å². The molecule has 0 saturated carbocycles. The van der Waals surface area contributed by atoms with Gasteiger partial charge in [-0.15, -0.1) is 0 Å². The summed E-state index contributed by atoms with van der Waals surface area (Å²) >= 11 is -2.13. The van der Waals surface area contributed by atoms with Crippen LogP contribution >= 0.6 is 0 Å². The second-order valence-electron chi connectivity index (χ2n) is 1.70. The third-order valence-electron chi connectivity index (χ3n) is 0.427. The standard InChI is InChI=1S/C3H8O3S.Na.H/c1-3(2,4)7(5)6;;/h4H,1-2H3,(H,5,6);;. The molecule has 46 valence electrons. The maximum absolute atomic E-state index is 9.88. The first-order valence-corrected chi connectivity index (χ1v) is 2.88. The predicted octanol–water partition coefficient (Wildman–Crippen LogP) is -0.712. The number of hydrogen-bond donors (Lipinski definition) is 2. The molecule has 0 aromatic heterocycles. The van der Waals surface area contributed by atoms with Gasteiger partial charge >= 0.3 is 29.6 Å². The Hall–Kier alpha value is 1.07. The first-order valence-electron chi connectivity index (χ1n) is 1.78. The van der Waals surface area contributed by atoms with Crippen molar-refractivity contribution in [3.8, 4) is 0 Å². The summed E-state index contributed by atoms with van der Waals surface area (Å²) in [6.07, 6.45) is 0. The van der Waals surface area contributed by atoms with Gasteiger partial charge < -0.3 is 9.66 Å². The molecule has 0 aromatic carbocycles. The van der Waals surface area contributed by atoms with Crippen LogP contribution in [0.15, 0.2) is 0 Å². The molecule has 0 aromatic rings. The summed E-state index contributed by atoms with van der Waals surface area (Å²) in [6.45, 7) is 2.53. The van der Waals surface area contributed by atoms with Gasteiger partial charge in [0.15, 0.2) is 16.0 Å². The summed E-state index contributed by atoms with van der Waals surface area (Å²) in [5.74, 6) is 0. The summed E-state index contributed by atoms with van der Waals surface area (Å²) in [6, 6.07) is 0. The SMILES string of the molecule is CC(C)(O)S(=O)O.[NaH]. The van der Waals surface area contributed by atoms with E-state index in [1.54, 1.807) is 0 Å². The molecule has 0 bridgehead atoms. The van der Waals surface area contributed by atoms with Crippen LogP contribution in [0.1, 0.15) is 13.8 Å². The van der Waals surface area contributed by atoms with Crippen LogP contribution in [-0.2, 0) is 11.1 Å². The van der Waals surface area contributed by atoms with Crippen molar-refractivity contribution in [2.75, 3.05) is 0 Å². The summed E-state index contributed by atoms with van der Waals surface area (Å²) in [5, 5.41) is 8.54. The van der Waals surface area contributed by atoms with Gasteiger partial charge in [-0.2, -0.15) is 0 Å². The molecule has 0 aliphatic rings. The molecule has 0 fully saturated rings. The molecule has 5 heteroatoms. The minimum atomic E-state index is -2.13. The topological polar surface area (TPSA) is 57.5 Å². The molecule has 0 spiro atoms. The van der Waals surface area contributed by atoms with Crippen LogP contribution in [0.25, 0.3) is 0 Å². The van der Waals surface area contributed by atoms with Gasteiger partial charge in [-0.1, -0.05) is 0 Å². The Morgan fingerprint density at radius 3 is 1.62 bits per heavy atom. The second-order valence-corrected chi connectivity index (χ2v) is 3.19. The van der Waals surface area contributed by atoms with E-state index >= 15 is 0 Å². The van der Waals surface area contributed by atoms with Crippen molar-refractivity contribution in [1.82, 2.24) is 0 Å². The molecule has 0 amide bonds. The molecule has 2 N–H and O–H groups in total. The van der Waals surface area contributed by atoms with Crippen molar-refractivity contribution >= 4 is 40.6 Å². The Morgan fingerprint density at radius 1 is 1.50 bits per heavy atom. The molecule has 3 nitrogen and oxygen atoms in total. The summed E-state index contributed by atoms with van der Waals surface area (Å²) < 4.78 is 18.0. The minimum absolute atomic E-state index is 0.